The molecule has 2 aromatic carbocycles. The standard InChI is InChI=1S/C21H24N4S/c1-15(2)17-8-10-19(11-9-17)23-21(26)24-20-12-22-25(14-20)13-18-7-5-4-6-16(18)3/h4-12,14-15H,13H2,1-3H3,(H2,23,24,26). The Labute approximate surface area is 160 Å². The number of benzene rings is 2. The zero-order valence-corrected chi connectivity index (χ0v) is 16.2. The van der Waals surface area contributed by atoms with Gasteiger partial charge in [0.25, 0.3) is 0 Å². The molecule has 0 bridgehead atoms. The van der Waals surface area contributed by atoms with Crippen molar-refractivity contribution < 1.29 is 0 Å². The van der Waals surface area contributed by atoms with Crippen molar-refractivity contribution in [3.05, 3.63) is 77.6 Å². The van der Waals surface area contributed by atoms with Gasteiger partial charge in [0.05, 0.1) is 18.4 Å². The molecular weight excluding hydrogens is 340 g/mol. The first-order chi connectivity index (χ1) is 12.5. The minimum Gasteiger partial charge on any atom is -0.332 e. The SMILES string of the molecule is Cc1ccccc1Cn1cc(NC(=S)Nc2ccc(C(C)C)cc2)cn1. The second-order valence-corrected chi connectivity index (χ2v) is 7.12. The molecule has 0 radical (unpaired) electrons. The summed E-state index contributed by atoms with van der Waals surface area (Å²) in [5, 5.41) is 11.4. The van der Waals surface area contributed by atoms with Crippen LogP contribution in [0.25, 0.3) is 0 Å². The molecule has 26 heavy (non-hydrogen) atoms. The molecule has 3 rings (SSSR count). The summed E-state index contributed by atoms with van der Waals surface area (Å²) in [5.74, 6) is 0.521. The molecule has 0 atom stereocenters. The van der Waals surface area contributed by atoms with Crippen LogP contribution in [0.5, 0.6) is 0 Å². The molecule has 0 unspecified atom stereocenters. The fraction of sp³-hybridized carbons (Fsp3) is 0.238. The third-order valence-electron chi connectivity index (χ3n) is 4.32. The summed E-state index contributed by atoms with van der Waals surface area (Å²) in [6, 6.07) is 16.7. The van der Waals surface area contributed by atoms with E-state index < -0.39 is 0 Å². The van der Waals surface area contributed by atoms with Gasteiger partial charge in [-0.3, -0.25) is 4.68 Å². The Kier molecular flexibility index (Phi) is 5.68. The first-order valence-corrected chi connectivity index (χ1v) is 9.17. The van der Waals surface area contributed by atoms with Gasteiger partial charge in [0.15, 0.2) is 5.11 Å². The first-order valence-electron chi connectivity index (χ1n) is 8.76. The van der Waals surface area contributed by atoms with Crippen LogP contribution >= 0.6 is 12.2 Å². The summed E-state index contributed by atoms with van der Waals surface area (Å²) in [5.41, 5.74) is 5.67. The van der Waals surface area contributed by atoms with Gasteiger partial charge in [-0.15, -0.1) is 0 Å². The zero-order chi connectivity index (χ0) is 18.5. The van der Waals surface area contributed by atoms with E-state index in [0.717, 1.165) is 17.9 Å². The van der Waals surface area contributed by atoms with Crippen molar-refractivity contribution in [2.45, 2.75) is 33.2 Å². The van der Waals surface area contributed by atoms with Gasteiger partial charge in [-0.25, -0.2) is 0 Å². The highest BCUT2D eigenvalue weighted by Gasteiger charge is 2.05. The van der Waals surface area contributed by atoms with Gasteiger partial charge < -0.3 is 10.6 Å². The topological polar surface area (TPSA) is 41.9 Å². The summed E-state index contributed by atoms with van der Waals surface area (Å²) in [7, 11) is 0. The maximum Gasteiger partial charge on any atom is 0.175 e. The molecule has 0 fully saturated rings. The maximum atomic E-state index is 5.40. The van der Waals surface area contributed by atoms with E-state index in [0.29, 0.717) is 11.0 Å². The molecule has 2 N–H and O–H groups in total. The van der Waals surface area contributed by atoms with Crippen molar-refractivity contribution in [2.75, 3.05) is 10.6 Å². The van der Waals surface area contributed by atoms with Gasteiger partial charge in [-0.1, -0.05) is 50.2 Å². The molecule has 5 heteroatoms. The molecule has 4 nitrogen and oxygen atoms in total. The van der Waals surface area contributed by atoms with E-state index in [4.69, 9.17) is 12.2 Å². The van der Waals surface area contributed by atoms with Crippen molar-refractivity contribution in [3.63, 3.8) is 0 Å². The predicted molar refractivity (Wildman–Crippen MR) is 113 cm³/mol. The van der Waals surface area contributed by atoms with Crippen LogP contribution in [0.1, 0.15) is 36.5 Å². The predicted octanol–water partition coefficient (Wildman–Crippen LogP) is 5.17. The zero-order valence-electron chi connectivity index (χ0n) is 15.4. The molecule has 0 spiro atoms. The van der Waals surface area contributed by atoms with Gasteiger partial charge in [0.2, 0.25) is 0 Å². The summed E-state index contributed by atoms with van der Waals surface area (Å²) in [6.45, 7) is 7.22. The molecule has 0 saturated heterocycles. The normalized spacial score (nSPS) is 10.8. The Morgan fingerprint density at radius 3 is 2.42 bits per heavy atom. The summed E-state index contributed by atoms with van der Waals surface area (Å²) >= 11 is 5.40. The quantitative estimate of drug-likeness (QED) is 0.613. The number of aryl methyl sites for hydroxylation is 1. The van der Waals surface area contributed by atoms with Gasteiger partial charge >= 0.3 is 0 Å². The molecule has 0 aliphatic rings. The highest BCUT2D eigenvalue weighted by molar-refractivity contribution is 7.80. The van der Waals surface area contributed by atoms with Crippen LogP contribution < -0.4 is 10.6 Å². The molecule has 1 heterocycles. The van der Waals surface area contributed by atoms with Crippen LogP contribution in [0.3, 0.4) is 0 Å². The fourth-order valence-electron chi connectivity index (χ4n) is 2.72. The van der Waals surface area contributed by atoms with Crippen molar-refractivity contribution >= 4 is 28.7 Å². The maximum absolute atomic E-state index is 5.40. The smallest absolute Gasteiger partial charge is 0.175 e. The lowest BCUT2D eigenvalue weighted by Crippen LogP contribution is -2.18. The number of hydrogen-bond donors (Lipinski definition) is 2. The molecular formula is C21H24N4S. The lowest BCUT2D eigenvalue weighted by Gasteiger charge is -2.11. The third-order valence-corrected chi connectivity index (χ3v) is 4.52. The average molecular weight is 365 g/mol. The third kappa shape index (κ3) is 4.70. The van der Waals surface area contributed by atoms with Crippen LogP contribution in [0.15, 0.2) is 60.9 Å². The summed E-state index contributed by atoms with van der Waals surface area (Å²) in [6.07, 6.45) is 3.75. The minimum atomic E-state index is 0.521. The Morgan fingerprint density at radius 1 is 1.04 bits per heavy atom. The number of nitrogens with zero attached hydrogens (tertiary/aromatic N) is 2. The second kappa shape index (κ2) is 8.15. The highest BCUT2D eigenvalue weighted by Crippen LogP contribution is 2.17. The highest BCUT2D eigenvalue weighted by atomic mass is 32.1. The Morgan fingerprint density at radius 2 is 1.73 bits per heavy atom. The van der Waals surface area contributed by atoms with E-state index in [9.17, 15) is 0 Å². The molecule has 0 saturated carbocycles. The Bertz CT molecular complexity index is 881. The number of aromatic nitrogens is 2. The van der Waals surface area contributed by atoms with Gasteiger partial charge in [-0.2, -0.15) is 5.10 Å². The van der Waals surface area contributed by atoms with Crippen LogP contribution in [0, 0.1) is 6.92 Å². The van der Waals surface area contributed by atoms with Crippen LogP contribution in [-0.2, 0) is 6.54 Å². The number of thiocarbonyl (C=S) groups is 1. The molecule has 0 aliphatic heterocycles. The summed E-state index contributed by atoms with van der Waals surface area (Å²) in [4.78, 5) is 0. The monoisotopic (exact) mass is 364 g/mol. The van der Waals surface area contributed by atoms with E-state index in [1.165, 1.54) is 16.7 Å². The molecule has 0 amide bonds. The van der Waals surface area contributed by atoms with Crippen LogP contribution in [-0.4, -0.2) is 14.9 Å². The van der Waals surface area contributed by atoms with Crippen molar-refractivity contribution in [1.82, 2.24) is 9.78 Å². The molecule has 0 aliphatic carbocycles. The van der Waals surface area contributed by atoms with E-state index in [1.54, 1.807) is 6.20 Å². The molecule has 3 aromatic rings. The first kappa shape index (κ1) is 18.1. The molecule has 1 aromatic heterocycles. The number of nitrogens with one attached hydrogen (secondary N) is 2. The number of anilines is 2. The van der Waals surface area contributed by atoms with E-state index >= 15 is 0 Å². The van der Waals surface area contributed by atoms with Gasteiger partial charge in [0, 0.05) is 11.9 Å². The van der Waals surface area contributed by atoms with Crippen molar-refractivity contribution in [1.29, 1.82) is 0 Å². The lowest BCUT2D eigenvalue weighted by atomic mass is 10.0. The van der Waals surface area contributed by atoms with E-state index in [2.05, 4.69) is 66.8 Å². The largest absolute Gasteiger partial charge is 0.332 e. The Balaban J connectivity index is 1.58. The van der Waals surface area contributed by atoms with Gasteiger partial charge in [-0.05, 0) is 53.9 Å². The number of hydrogen-bond acceptors (Lipinski definition) is 2. The van der Waals surface area contributed by atoms with E-state index in [1.807, 2.05) is 29.1 Å². The number of rotatable bonds is 5. The molecule has 134 valence electrons. The van der Waals surface area contributed by atoms with Crippen LogP contribution in [0.4, 0.5) is 11.4 Å². The second-order valence-electron chi connectivity index (χ2n) is 6.71. The van der Waals surface area contributed by atoms with Crippen LogP contribution in [0.2, 0.25) is 0 Å². The average Bonchev–Trinajstić information content (AvgIpc) is 3.04. The minimum absolute atomic E-state index is 0.521. The Hall–Kier alpha value is -2.66. The fourth-order valence-corrected chi connectivity index (χ4v) is 2.96. The summed E-state index contributed by atoms with van der Waals surface area (Å²) < 4.78 is 1.91. The van der Waals surface area contributed by atoms with Crippen molar-refractivity contribution in [3.8, 4) is 0 Å². The lowest BCUT2D eigenvalue weighted by molar-refractivity contribution is 0.684. The van der Waals surface area contributed by atoms with Crippen molar-refractivity contribution in [2.24, 2.45) is 0 Å². The van der Waals surface area contributed by atoms with Gasteiger partial charge in [0.1, 0.15) is 0 Å². The van der Waals surface area contributed by atoms with E-state index in [-0.39, 0.29) is 0 Å².